The maximum absolute atomic E-state index is 5.91. The van der Waals surface area contributed by atoms with Gasteiger partial charge in [0.15, 0.2) is 0 Å². The zero-order valence-corrected chi connectivity index (χ0v) is 10.7. The van der Waals surface area contributed by atoms with Gasteiger partial charge in [-0.3, -0.25) is 0 Å². The molecule has 4 heteroatoms. The second-order valence-corrected chi connectivity index (χ2v) is 4.88. The maximum atomic E-state index is 5.91. The summed E-state index contributed by atoms with van der Waals surface area (Å²) >= 11 is 12.5. The van der Waals surface area contributed by atoms with Crippen LogP contribution in [-0.2, 0) is 0 Å². The average Bonchev–Trinajstić information content (AvgIpc) is 2.07. The van der Waals surface area contributed by atoms with E-state index in [1.54, 1.807) is 0 Å². The average molecular weight is 325 g/mol. The molecule has 0 aliphatic heterocycles. The zero-order chi connectivity index (χ0) is 9.84. The van der Waals surface area contributed by atoms with E-state index in [0.29, 0.717) is 11.6 Å². The molecule has 1 rings (SSSR count). The molecule has 0 aromatic heterocycles. The number of rotatable bonds is 3. The van der Waals surface area contributed by atoms with Gasteiger partial charge < -0.3 is 5.32 Å². The number of halogens is 3. The fraction of sp³-hybridized carbons (Fsp3) is 0.111. The Bertz CT molecular complexity index is 325. The molecule has 1 N–H and O–H groups in total. The normalized spacial score (nSPS) is 9.77. The Labute approximate surface area is 99.4 Å². The Morgan fingerprint density at radius 3 is 2.77 bits per heavy atom. The van der Waals surface area contributed by atoms with Crippen LogP contribution in [0.15, 0.2) is 33.7 Å². The third-order valence-corrected chi connectivity index (χ3v) is 2.92. The van der Waals surface area contributed by atoms with Crippen molar-refractivity contribution in [2.24, 2.45) is 0 Å². The van der Waals surface area contributed by atoms with Crippen LogP contribution < -0.4 is 5.32 Å². The third kappa shape index (κ3) is 3.71. The van der Waals surface area contributed by atoms with Crippen LogP contribution in [0.25, 0.3) is 0 Å². The van der Waals surface area contributed by atoms with E-state index in [4.69, 9.17) is 11.6 Å². The highest BCUT2D eigenvalue weighted by molar-refractivity contribution is 9.11. The lowest BCUT2D eigenvalue weighted by atomic mass is 10.3. The van der Waals surface area contributed by atoms with Crippen LogP contribution in [0.5, 0.6) is 0 Å². The monoisotopic (exact) mass is 323 g/mol. The summed E-state index contributed by atoms with van der Waals surface area (Å²) in [5.74, 6) is 0. The highest BCUT2D eigenvalue weighted by Crippen LogP contribution is 2.25. The number of nitrogens with one attached hydrogen (secondary N) is 1. The van der Waals surface area contributed by atoms with E-state index < -0.39 is 0 Å². The van der Waals surface area contributed by atoms with E-state index in [1.807, 2.05) is 18.2 Å². The van der Waals surface area contributed by atoms with Gasteiger partial charge in [0.25, 0.3) is 0 Å². The van der Waals surface area contributed by atoms with Crippen molar-refractivity contribution in [1.82, 2.24) is 0 Å². The molecule has 0 aliphatic rings. The van der Waals surface area contributed by atoms with Crippen molar-refractivity contribution in [2.75, 3.05) is 11.9 Å². The lowest BCUT2D eigenvalue weighted by molar-refractivity contribution is 1.33. The van der Waals surface area contributed by atoms with Gasteiger partial charge >= 0.3 is 0 Å². The van der Waals surface area contributed by atoms with Crippen molar-refractivity contribution in [1.29, 1.82) is 0 Å². The first kappa shape index (κ1) is 11.1. The lowest BCUT2D eigenvalue weighted by Gasteiger charge is -2.05. The second kappa shape index (κ2) is 5.03. The Morgan fingerprint density at radius 2 is 2.23 bits per heavy atom. The van der Waals surface area contributed by atoms with E-state index in [1.165, 1.54) is 0 Å². The Hall–Kier alpha value is 0.01000. The molecule has 0 unspecified atom stereocenters. The number of hydrogen-bond donors (Lipinski definition) is 1. The first-order chi connectivity index (χ1) is 6.09. The fourth-order valence-corrected chi connectivity index (χ4v) is 1.37. The van der Waals surface area contributed by atoms with Gasteiger partial charge in [0, 0.05) is 21.2 Å². The van der Waals surface area contributed by atoms with Gasteiger partial charge in [-0.1, -0.05) is 34.1 Å². The topological polar surface area (TPSA) is 12.0 Å². The van der Waals surface area contributed by atoms with Crippen molar-refractivity contribution >= 4 is 49.1 Å². The minimum atomic E-state index is 0.692. The lowest BCUT2D eigenvalue weighted by Crippen LogP contribution is -1.99. The molecule has 70 valence electrons. The molecule has 0 aliphatic carbocycles. The van der Waals surface area contributed by atoms with Crippen molar-refractivity contribution < 1.29 is 0 Å². The quantitative estimate of drug-likeness (QED) is 0.867. The Kier molecular flexibility index (Phi) is 4.29. The molecular weight excluding hydrogens is 317 g/mol. The molecule has 0 bridgehead atoms. The molecular formula is C9H8Br2ClN. The molecule has 0 heterocycles. The molecule has 0 radical (unpaired) electrons. The van der Waals surface area contributed by atoms with Crippen molar-refractivity contribution in [3.05, 3.63) is 38.8 Å². The summed E-state index contributed by atoms with van der Waals surface area (Å²) in [7, 11) is 0. The van der Waals surface area contributed by atoms with Gasteiger partial charge in [-0.15, -0.1) is 0 Å². The molecule has 0 saturated carbocycles. The van der Waals surface area contributed by atoms with Gasteiger partial charge in [-0.2, -0.15) is 0 Å². The first-order valence-corrected chi connectivity index (χ1v) is 5.58. The molecule has 1 aromatic rings. The summed E-state index contributed by atoms with van der Waals surface area (Å²) in [5.41, 5.74) is 0.980. The van der Waals surface area contributed by atoms with Crippen LogP contribution in [0.3, 0.4) is 0 Å². The van der Waals surface area contributed by atoms with Gasteiger partial charge in [-0.05, 0) is 34.1 Å². The third-order valence-electron chi connectivity index (χ3n) is 1.40. The van der Waals surface area contributed by atoms with Crippen molar-refractivity contribution in [3.63, 3.8) is 0 Å². The smallest absolute Gasteiger partial charge is 0.0568 e. The molecule has 1 nitrogen and oxygen atoms in total. The van der Waals surface area contributed by atoms with E-state index in [2.05, 4.69) is 43.8 Å². The number of benzene rings is 1. The van der Waals surface area contributed by atoms with Gasteiger partial charge in [0.05, 0.1) is 5.02 Å². The molecule has 0 atom stereocenters. The number of anilines is 1. The standard InChI is InChI=1S/C9H8Br2ClN/c1-6(10)5-13-7-2-3-8(11)9(12)4-7/h2-4,13H,1,5H2. The van der Waals surface area contributed by atoms with Gasteiger partial charge in [-0.25, -0.2) is 0 Å². The van der Waals surface area contributed by atoms with Gasteiger partial charge in [0.2, 0.25) is 0 Å². The van der Waals surface area contributed by atoms with Crippen LogP contribution in [0.1, 0.15) is 0 Å². The Balaban J connectivity index is 2.68. The molecule has 0 spiro atoms. The van der Waals surface area contributed by atoms with E-state index in [-0.39, 0.29) is 0 Å². The summed E-state index contributed by atoms with van der Waals surface area (Å²) in [6.07, 6.45) is 0. The molecule has 0 fully saturated rings. The van der Waals surface area contributed by atoms with E-state index in [0.717, 1.165) is 14.6 Å². The zero-order valence-electron chi connectivity index (χ0n) is 6.78. The summed E-state index contributed by atoms with van der Waals surface area (Å²) in [5, 5.41) is 3.86. The highest BCUT2D eigenvalue weighted by atomic mass is 79.9. The fourth-order valence-electron chi connectivity index (χ4n) is 0.804. The maximum Gasteiger partial charge on any atom is 0.0568 e. The minimum absolute atomic E-state index is 0.692. The van der Waals surface area contributed by atoms with Crippen LogP contribution >= 0.6 is 43.5 Å². The largest absolute Gasteiger partial charge is 0.380 e. The highest BCUT2D eigenvalue weighted by Gasteiger charge is 1.98. The molecule has 0 saturated heterocycles. The van der Waals surface area contributed by atoms with Crippen molar-refractivity contribution in [3.8, 4) is 0 Å². The minimum Gasteiger partial charge on any atom is -0.380 e. The summed E-state index contributed by atoms with van der Waals surface area (Å²) in [6, 6.07) is 5.72. The molecule has 1 aromatic carbocycles. The summed E-state index contributed by atoms with van der Waals surface area (Å²) in [4.78, 5) is 0. The Morgan fingerprint density at radius 1 is 1.54 bits per heavy atom. The molecule has 13 heavy (non-hydrogen) atoms. The van der Waals surface area contributed by atoms with E-state index >= 15 is 0 Å². The predicted molar refractivity (Wildman–Crippen MR) is 65.7 cm³/mol. The van der Waals surface area contributed by atoms with Crippen molar-refractivity contribution in [2.45, 2.75) is 0 Å². The molecule has 0 amide bonds. The predicted octanol–water partition coefficient (Wildman–Crippen LogP) is 4.42. The first-order valence-electron chi connectivity index (χ1n) is 3.62. The summed E-state index contributed by atoms with van der Waals surface area (Å²) < 4.78 is 1.81. The van der Waals surface area contributed by atoms with E-state index in [9.17, 15) is 0 Å². The summed E-state index contributed by atoms with van der Waals surface area (Å²) in [6.45, 7) is 4.41. The number of hydrogen-bond acceptors (Lipinski definition) is 1. The van der Waals surface area contributed by atoms with Crippen LogP contribution in [0.4, 0.5) is 5.69 Å². The van der Waals surface area contributed by atoms with Crippen LogP contribution in [0.2, 0.25) is 5.02 Å². The van der Waals surface area contributed by atoms with Crippen LogP contribution in [-0.4, -0.2) is 6.54 Å². The SMILES string of the molecule is C=C(Br)CNc1ccc(Br)c(Cl)c1. The van der Waals surface area contributed by atoms with Crippen LogP contribution in [0, 0.1) is 0 Å². The second-order valence-electron chi connectivity index (χ2n) is 2.50. The van der Waals surface area contributed by atoms with Gasteiger partial charge in [0.1, 0.15) is 0 Å².